The molecule has 0 aliphatic carbocycles. The van der Waals surface area contributed by atoms with Gasteiger partial charge in [-0.05, 0) is 28.4 Å². The number of hydrogen-bond donors (Lipinski definition) is 3. The summed E-state index contributed by atoms with van der Waals surface area (Å²) >= 11 is 2.98. The minimum absolute atomic E-state index is 0.0301. The normalized spacial score (nSPS) is 10.6. The molecule has 1 aromatic carbocycles. The summed E-state index contributed by atoms with van der Waals surface area (Å²) in [6, 6.07) is 1.72. The Morgan fingerprint density at radius 1 is 1.50 bits per heavy atom. The van der Waals surface area contributed by atoms with Crippen molar-refractivity contribution in [3.05, 3.63) is 39.6 Å². The largest absolute Gasteiger partial charge is 0.395 e. The first-order chi connectivity index (χ1) is 9.43. The van der Waals surface area contributed by atoms with E-state index in [-0.39, 0.29) is 21.5 Å². The van der Waals surface area contributed by atoms with E-state index < -0.39 is 17.5 Å². The smallest absolute Gasteiger partial charge is 0.278 e. The van der Waals surface area contributed by atoms with Gasteiger partial charge in [0, 0.05) is 10.5 Å². The number of nitrogen functional groups attached to an aromatic ring is 1. The van der Waals surface area contributed by atoms with Gasteiger partial charge in [-0.3, -0.25) is 9.89 Å². The lowest BCUT2D eigenvalue weighted by atomic mass is 10.2. The number of anilines is 2. The third-order valence-corrected chi connectivity index (χ3v) is 3.32. The zero-order chi connectivity index (χ0) is 14.9. The number of rotatable bonds is 3. The second-order valence-electron chi connectivity index (χ2n) is 4.02. The number of aromatic amines is 1. The van der Waals surface area contributed by atoms with Crippen LogP contribution in [0.5, 0.6) is 0 Å². The second kappa shape index (κ2) is 5.58. The average Bonchev–Trinajstić information content (AvgIpc) is 2.74. The average molecular weight is 345 g/mol. The quantitative estimate of drug-likeness (QED) is 0.800. The highest BCUT2D eigenvalue weighted by atomic mass is 79.9. The monoisotopic (exact) mass is 344 g/mol. The molecule has 20 heavy (non-hydrogen) atoms. The van der Waals surface area contributed by atoms with Crippen LogP contribution >= 0.6 is 15.9 Å². The van der Waals surface area contributed by atoms with E-state index in [9.17, 15) is 13.6 Å². The standard InChI is InChI=1S/C12H11BrF2N4O/c1-2-8-9(16)11(19-18-8)12(20)17-10-6(13)3-5(14)4-7(10)15/h3-4H,2,16H2,1H3,(H,17,20)(H,18,19). The second-order valence-corrected chi connectivity index (χ2v) is 4.87. The number of H-pyrrole nitrogens is 1. The molecule has 5 nitrogen and oxygen atoms in total. The van der Waals surface area contributed by atoms with Gasteiger partial charge in [-0.25, -0.2) is 8.78 Å². The number of benzene rings is 1. The molecule has 0 saturated heterocycles. The van der Waals surface area contributed by atoms with Gasteiger partial charge in [-0.1, -0.05) is 6.92 Å². The molecule has 0 spiro atoms. The van der Waals surface area contributed by atoms with Gasteiger partial charge in [0.05, 0.1) is 17.1 Å². The molecule has 1 aromatic heterocycles. The fourth-order valence-corrected chi connectivity index (χ4v) is 2.17. The van der Waals surface area contributed by atoms with Crippen molar-refractivity contribution >= 4 is 33.2 Å². The molecule has 1 amide bonds. The van der Waals surface area contributed by atoms with E-state index in [0.29, 0.717) is 18.2 Å². The number of aryl methyl sites for hydroxylation is 1. The number of nitrogens with one attached hydrogen (secondary N) is 2. The summed E-state index contributed by atoms with van der Waals surface area (Å²) in [5, 5.41) is 8.72. The summed E-state index contributed by atoms with van der Waals surface area (Å²) in [5.41, 5.74) is 6.38. The van der Waals surface area contributed by atoms with Crippen LogP contribution in [0.25, 0.3) is 0 Å². The SMILES string of the molecule is CCc1[nH]nc(C(=O)Nc2c(F)cc(F)cc2Br)c1N. The van der Waals surface area contributed by atoms with Crippen molar-refractivity contribution in [3.8, 4) is 0 Å². The van der Waals surface area contributed by atoms with Gasteiger partial charge in [-0.15, -0.1) is 0 Å². The zero-order valence-electron chi connectivity index (χ0n) is 10.4. The third kappa shape index (κ3) is 2.64. The fourth-order valence-electron chi connectivity index (χ4n) is 1.66. The fraction of sp³-hybridized carbons (Fsp3) is 0.167. The van der Waals surface area contributed by atoms with Crippen LogP contribution in [-0.4, -0.2) is 16.1 Å². The number of carbonyl (C=O) groups is 1. The van der Waals surface area contributed by atoms with E-state index in [4.69, 9.17) is 5.73 Å². The van der Waals surface area contributed by atoms with E-state index in [0.717, 1.165) is 6.07 Å². The van der Waals surface area contributed by atoms with E-state index in [1.165, 1.54) is 0 Å². The maximum Gasteiger partial charge on any atom is 0.278 e. The van der Waals surface area contributed by atoms with Gasteiger partial charge < -0.3 is 11.1 Å². The highest BCUT2D eigenvalue weighted by Gasteiger charge is 2.19. The molecule has 0 unspecified atom stereocenters. The van der Waals surface area contributed by atoms with Gasteiger partial charge in [0.15, 0.2) is 11.5 Å². The van der Waals surface area contributed by atoms with Gasteiger partial charge >= 0.3 is 0 Å². The summed E-state index contributed by atoms with van der Waals surface area (Å²) in [5.74, 6) is -2.32. The minimum Gasteiger partial charge on any atom is -0.395 e. The van der Waals surface area contributed by atoms with Crippen molar-refractivity contribution in [1.82, 2.24) is 10.2 Å². The molecular weight excluding hydrogens is 334 g/mol. The summed E-state index contributed by atoms with van der Waals surface area (Å²) in [7, 11) is 0. The minimum atomic E-state index is -0.893. The molecule has 2 rings (SSSR count). The Morgan fingerprint density at radius 2 is 2.20 bits per heavy atom. The van der Waals surface area contributed by atoms with Crippen molar-refractivity contribution in [2.45, 2.75) is 13.3 Å². The maximum atomic E-state index is 13.6. The highest BCUT2D eigenvalue weighted by Crippen LogP contribution is 2.27. The first kappa shape index (κ1) is 14.4. The van der Waals surface area contributed by atoms with Gasteiger partial charge in [0.25, 0.3) is 5.91 Å². The molecule has 4 N–H and O–H groups in total. The summed E-state index contributed by atoms with van der Waals surface area (Å²) in [6.45, 7) is 1.85. The van der Waals surface area contributed by atoms with Crippen LogP contribution < -0.4 is 11.1 Å². The number of carbonyl (C=O) groups excluding carboxylic acids is 1. The van der Waals surface area contributed by atoms with Crippen molar-refractivity contribution < 1.29 is 13.6 Å². The van der Waals surface area contributed by atoms with E-state index in [2.05, 4.69) is 31.4 Å². The lowest BCUT2D eigenvalue weighted by molar-refractivity contribution is 0.102. The predicted molar refractivity (Wildman–Crippen MR) is 74.4 cm³/mol. The predicted octanol–water partition coefficient (Wildman–Crippen LogP) is 2.85. The Labute approximate surface area is 121 Å². The summed E-state index contributed by atoms with van der Waals surface area (Å²) in [4.78, 5) is 12.0. The van der Waals surface area contributed by atoms with E-state index >= 15 is 0 Å². The number of aromatic nitrogens is 2. The van der Waals surface area contributed by atoms with Crippen LogP contribution in [0.1, 0.15) is 23.1 Å². The van der Waals surface area contributed by atoms with Crippen LogP contribution in [0.3, 0.4) is 0 Å². The van der Waals surface area contributed by atoms with Gasteiger partial charge in [-0.2, -0.15) is 5.10 Å². The van der Waals surface area contributed by atoms with Crippen molar-refractivity contribution in [1.29, 1.82) is 0 Å². The van der Waals surface area contributed by atoms with Crippen molar-refractivity contribution in [2.24, 2.45) is 0 Å². The zero-order valence-corrected chi connectivity index (χ0v) is 12.0. The first-order valence-corrected chi connectivity index (χ1v) is 6.52. The van der Waals surface area contributed by atoms with Crippen molar-refractivity contribution in [3.63, 3.8) is 0 Å². The summed E-state index contributed by atoms with van der Waals surface area (Å²) in [6.07, 6.45) is 0.584. The molecule has 106 valence electrons. The maximum absolute atomic E-state index is 13.6. The molecular formula is C12H11BrF2N4O. The molecule has 2 aromatic rings. The highest BCUT2D eigenvalue weighted by molar-refractivity contribution is 9.10. The van der Waals surface area contributed by atoms with Crippen LogP contribution in [0.4, 0.5) is 20.2 Å². The third-order valence-electron chi connectivity index (χ3n) is 2.70. The molecule has 0 radical (unpaired) electrons. The van der Waals surface area contributed by atoms with Crippen LogP contribution in [-0.2, 0) is 6.42 Å². The molecule has 0 atom stereocenters. The first-order valence-electron chi connectivity index (χ1n) is 5.72. The Bertz CT molecular complexity index is 648. The number of nitrogens with two attached hydrogens (primary N) is 1. The van der Waals surface area contributed by atoms with E-state index in [1.807, 2.05) is 6.92 Å². The molecule has 8 heteroatoms. The molecule has 0 fully saturated rings. The Balaban J connectivity index is 2.30. The lowest BCUT2D eigenvalue weighted by Crippen LogP contribution is -2.16. The number of halogens is 3. The molecule has 0 bridgehead atoms. The van der Waals surface area contributed by atoms with Gasteiger partial charge in [0.2, 0.25) is 0 Å². The molecule has 0 saturated carbocycles. The Morgan fingerprint density at radius 3 is 2.75 bits per heavy atom. The van der Waals surface area contributed by atoms with Gasteiger partial charge in [0.1, 0.15) is 5.82 Å². The van der Waals surface area contributed by atoms with Crippen molar-refractivity contribution in [2.75, 3.05) is 11.1 Å². The number of amides is 1. The Hall–Kier alpha value is -1.96. The number of hydrogen-bond acceptors (Lipinski definition) is 3. The number of nitrogens with zero attached hydrogens (tertiary/aromatic N) is 1. The molecule has 0 aliphatic rings. The van der Waals surface area contributed by atoms with Crippen LogP contribution in [0.15, 0.2) is 16.6 Å². The molecule has 1 heterocycles. The summed E-state index contributed by atoms with van der Waals surface area (Å²) < 4.78 is 26.7. The van der Waals surface area contributed by atoms with E-state index in [1.54, 1.807) is 0 Å². The Kier molecular flexibility index (Phi) is 4.03. The topological polar surface area (TPSA) is 83.8 Å². The molecule has 0 aliphatic heterocycles. The lowest BCUT2D eigenvalue weighted by Gasteiger charge is -2.08. The van der Waals surface area contributed by atoms with Crippen LogP contribution in [0.2, 0.25) is 0 Å². The van der Waals surface area contributed by atoms with Crippen LogP contribution in [0, 0.1) is 11.6 Å².